The van der Waals surface area contributed by atoms with E-state index in [-0.39, 0.29) is 9.92 Å². The predicted octanol–water partition coefficient (Wildman–Crippen LogP) is 1.10. The fourth-order valence-electron chi connectivity index (χ4n) is 1.13. The number of nitrogens with one attached hydrogen (secondary N) is 1. The standard InChI is InChI=1S/C10H12ClNO4S/c1-7-3-4-9(8(11)5-7)17(14,15)12-6-10(13)16-2/h3-5,12H,6H2,1-2H3. The van der Waals surface area contributed by atoms with Crippen molar-refractivity contribution in [3.05, 3.63) is 28.8 Å². The van der Waals surface area contributed by atoms with Gasteiger partial charge >= 0.3 is 5.97 Å². The van der Waals surface area contributed by atoms with Crippen LogP contribution in [0.15, 0.2) is 23.1 Å². The van der Waals surface area contributed by atoms with Gasteiger partial charge in [0.15, 0.2) is 0 Å². The minimum atomic E-state index is -3.80. The van der Waals surface area contributed by atoms with Gasteiger partial charge in [0.1, 0.15) is 11.4 Å². The fraction of sp³-hybridized carbons (Fsp3) is 0.300. The lowest BCUT2D eigenvalue weighted by Gasteiger charge is -2.07. The molecule has 1 N–H and O–H groups in total. The quantitative estimate of drug-likeness (QED) is 0.837. The van der Waals surface area contributed by atoms with Gasteiger partial charge in [-0.05, 0) is 24.6 Å². The van der Waals surface area contributed by atoms with E-state index in [0.29, 0.717) is 0 Å². The van der Waals surface area contributed by atoms with Gasteiger partial charge in [-0.15, -0.1) is 0 Å². The Labute approximate surface area is 105 Å². The molecule has 0 saturated heterocycles. The fourth-order valence-corrected chi connectivity index (χ4v) is 2.69. The third-order valence-electron chi connectivity index (χ3n) is 2.01. The highest BCUT2D eigenvalue weighted by atomic mass is 35.5. The number of hydrogen-bond acceptors (Lipinski definition) is 4. The van der Waals surface area contributed by atoms with E-state index in [1.165, 1.54) is 19.2 Å². The third-order valence-corrected chi connectivity index (χ3v) is 3.90. The second kappa shape index (κ2) is 5.48. The van der Waals surface area contributed by atoms with Crippen molar-refractivity contribution in [2.45, 2.75) is 11.8 Å². The molecule has 1 aromatic carbocycles. The number of rotatable bonds is 4. The Bertz CT molecular complexity index is 527. The number of benzene rings is 1. The van der Waals surface area contributed by atoms with Crippen LogP contribution in [0.4, 0.5) is 0 Å². The van der Waals surface area contributed by atoms with Crippen LogP contribution in [0.3, 0.4) is 0 Å². The Morgan fingerprint density at radius 1 is 1.47 bits per heavy atom. The first-order valence-corrected chi connectivity index (χ1v) is 6.55. The summed E-state index contributed by atoms with van der Waals surface area (Å²) in [6.45, 7) is 1.37. The van der Waals surface area contributed by atoms with Crippen molar-refractivity contribution in [2.75, 3.05) is 13.7 Å². The lowest BCUT2D eigenvalue weighted by molar-refractivity contribution is -0.139. The van der Waals surface area contributed by atoms with Crippen LogP contribution in [0.5, 0.6) is 0 Å². The SMILES string of the molecule is COC(=O)CNS(=O)(=O)c1ccc(C)cc1Cl. The van der Waals surface area contributed by atoms with Gasteiger partial charge in [0.25, 0.3) is 0 Å². The zero-order valence-corrected chi connectivity index (χ0v) is 10.9. The predicted molar refractivity (Wildman–Crippen MR) is 63.4 cm³/mol. The van der Waals surface area contributed by atoms with Gasteiger partial charge in [-0.25, -0.2) is 8.42 Å². The minimum absolute atomic E-state index is 0.0614. The first-order valence-electron chi connectivity index (χ1n) is 4.69. The van der Waals surface area contributed by atoms with Crippen LogP contribution in [0, 0.1) is 6.92 Å². The lowest BCUT2D eigenvalue weighted by Crippen LogP contribution is -2.30. The van der Waals surface area contributed by atoms with Crippen molar-refractivity contribution in [1.82, 2.24) is 4.72 Å². The van der Waals surface area contributed by atoms with Gasteiger partial charge in [0.05, 0.1) is 12.1 Å². The van der Waals surface area contributed by atoms with E-state index < -0.39 is 22.5 Å². The maximum absolute atomic E-state index is 11.8. The normalized spacial score (nSPS) is 11.2. The number of sulfonamides is 1. The lowest BCUT2D eigenvalue weighted by atomic mass is 10.2. The van der Waals surface area contributed by atoms with Crippen LogP contribution in [-0.2, 0) is 19.6 Å². The molecule has 0 aliphatic rings. The Balaban J connectivity index is 2.94. The minimum Gasteiger partial charge on any atom is -0.468 e. The molecular formula is C10H12ClNO4S. The Morgan fingerprint density at radius 3 is 2.65 bits per heavy atom. The van der Waals surface area contributed by atoms with Crippen LogP contribution in [0.1, 0.15) is 5.56 Å². The number of hydrogen-bond donors (Lipinski definition) is 1. The summed E-state index contributed by atoms with van der Waals surface area (Å²) in [7, 11) is -2.62. The van der Waals surface area contributed by atoms with Crippen molar-refractivity contribution < 1.29 is 17.9 Å². The summed E-state index contributed by atoms with van der Waals surface area (Å²) in [5, 5.41) is 0.113. The second-order valence-corrected chi connectivity index (χ2v) is 5.48. The number of ether oxygens (including phenoxy) is 1. The van der Waals surface area contributed by atoms with Gasteiger partial charge in [-0.3, -0.25) is 4.79 Å². The number of esters is 1. The first-order chi connectivity index (χ1) is 7.86. The zero-order valence-electron chi connectivity index (χ0n) is 9.36. The topological polar surface area (TPSA) is 72.5 Å². The molecule has 0 amide bonds. The molecule has 0 fully saturated rings. The molecular weight excluding hydrogens is 266 g/mol. The van der Waals surface area contributed by atoms with Crippen molar-refractivity contribution in [1.29, 1.82) is 0 Å². The zero-order chi connectivity index (χ0) is 13.1. The molecule has 1 aromatic rings. The molecule has 0 heterocycles. The van der Waals surface area contributed by atoms with E-state index in [2.05, 4.69) is 9.46 Å². The van der Waals surface area contributed by atoms with Crippen LogP contribution < -0.4 is 4.72 Å². The molecule has 0 saturated carbocycles. The molecule has 0 unspecified atom stereocenters. The largest absolute Gasteiger partial charge is 0.468 e. The highest BCUT2D eigenvalue weighted by molar-refractivity contribution is 7.89. The summed E-state index contributed by atoms with van der Waals surface area (Å²) >= 11 is 5.83. The summed E-state index contributed by atoms with van der Waals surface area (Å²) in [5.41, 5.74) is 0.849. The van der Waals surface area contributed by atoms with E-state index in [9.17, 15) is 13.2 Å². The molecule has 17 heavy (non-hydrogen) atoms. The van der Waals surface area contributed by atoms with E-state index >= 15 is 0 Å². The summed E-state index contributed by atoms with van der Waals surface area (Å²) in [6.07, 6.45) is 0. The van der Waals surface area contributed by atoms with Crippen molar-refractivity contribution in [3.8, 4) is 0 Å². The summed E-state index contributed by atoms with van der Waals surface area (Å²) < 4.78 is 30.0. The average Bonchev–Trinajstić information content (AvgIpc) is 2.25. The van der Waals surface area contributed by atoms with Gasteiger partial charge in [0, 0.05) is 0 Å². The molecule has 0 bridgehead atoms. The maximum Gasteiger partial charge on any atom is 0.320 e. The molecule has 0 aliphatic heterocycles. The molecule has 5 nitrogen and oxygen atoms in total. The number of halogens is 1. The van der Waals surface area contributed by atoms with E-state index in [1.54, 1.807) is 13.0 Å². The average molecular weight is 278 g/mol. The van der Waals surface area contributed by atoms with Crippen molar-refractivity contribution in [2.24, 2.45) is 0 Å². The smallest absolute Gasteiger partial charge is 0.320 e. The molecule has 1 rings (SSSR count). The third kappa shape index (κ3) is 3.69. The highest BCUT2D eigenvalue weighted by Gasteiger charge is 2.18. The van der Waals surface area contributed by atoms with Gasteiger partial charge in [-0.1, -0.05) is 17.7 Å². The number of carbonyl (C=O) groups is 1. The van der Waals surface area contributed by atoms with Crippen LogP contribution >= 0.6 is 11.6 Å². The molecule has 0 spiro atoms. The van der Waals surface area contributed by atoms with Crippen LogP contribution in [0.2, 0.25) is 5.02 Å². The van der Waals surface area contributed by atoms with Gasteiger partial charge in [-0.2, -0.15) is 4.72 Å². The second-order valence-electron chi connectivity index (χ2n) is 3.33. The Morgan fingerprint density at radius 2 is 2.12 bits per heavy atom. The highest BCUT2D eigenvalue weighted by Crippen LogP contribution is 2.21. The Hall–Kier alpha value is -1.11. The summed E-state index contributed by atoms with van der Waals surface area (Å²) in [5.74, 6) is -0.670. The van der Waals surface area contributed by atoms with Crippen LogP contribution in [0.25, 0.3) is 0 Å². The van der Waals surface area contributed by atoms with Crippen molar-refractivity contribution >= 4 is 27.6 Å². The maximum atomic E-state index is 11.8. The molecule has 7 heteroatoms. The summed E-state index contributed by atoms with van der Waals surface area (Å²) in [6, 6.07) is 4.55. The number of carbonyl (C=O) groups excluding carboxylic acids is 1. The number of aryl methyl sites for hydroxylation is 1. The van der Waals surface area contributed by atoms with Gasteiger partial charge in [0.2, 0.25) is 10.0 Å². The van der Waals surface area contributed by atoms with Crippen molar-refractivity contribution in [3.63, 3.8) is 0 Å². The van der Waals surface area contributed by atoms with E-state index in [1.807, 2.05) is 0 Å². The van der Waals surface area contributed by atoms with E-state index in [0.717, 1.165) is 5.56 Å². The molecule has 94 valence electrons. The monoisotopic (exact) mass is 277 g/mol. The first kappa shape index (κ1) is 14.0. The summed E-state index contributed by atoms with van der Waals surface area (Å²) in [4.78, 5) is 10.8. The number of methoxy groups -OCH3 is 1. The molecule has 0 aliphatic carbocycles. The molecule has 0 aromatic heterocycles. The van der Waals surface area contributed by atoms with Crippen LogP contribution in [-0.4, -0.2) is 28.0 Å². The molecule has 0 radical (unpaired) electrons. The Kier molecular flexibility index (Phi) is 4.50. The van der Waals surface area contributed by atoms with Gasteiger partial charge < -0.3 is 4.74 Å². The molecule has 0 atom stereocenters. The van der Waals surface area contributed by atoms with E-state index in [4.69, 9.17) is 11.6 Å².